The van der Waals surface area contributed by atoms with Gasteiger partial charge in [0, 0.05) is 0 Å². The van der Waals surface area contributed by atoms with Crippen LogP contribution in [0.3, 0.4) is 0 Å². The number of hydrogen-bond acceptors (Lipinski definition) is 2. The number of amides is 2. The van der Waals surface area contributed by atoms with E-state index in [9.17, 15) is 9.18 Å². The molecule has 94 valence electrons. The van der Waals surface area contributed by atoms with Gasteiger partial charge in [0.15, 0.2) is 0 Å². The fourth-order valence-corrected chi connectivity index (χ4v) is 1.60. The minimum atomic E-state index is -0.618. The van der Waals surface area contributed by atoms with E-state index in [0.29, 0.717) is 12.4 Å². The van der Waals surface area contributed by atoms with Crippen molar-refractivity contribution in [1.29, 1.82) is 0 Å². The van der Waals surface area contributed by atoms with Crippen LogP contribution in [0, 0.1) is 5.82 Å². The predicted molar refractivity (Wildman–Crippen MR) is 67.2 cm³/mol. The number of benzene rings is 1. The van der Waals surface area contributed by atoms with Crippen molar-refractivity contribution in [3.05, 3.63) is 29.6 Å². The molecule has 4 nitrogen and oxygen atoms in total. The monoisotopic (exact) mass is 248 g/mol. The van der Waals surface area contributed by atoms with Gasteiger partial charge in [-0.15, -0.1) is 0 Å². The highest BCUT2D eigenvalue weighted by Gasteiger charge is 2.19. The molecule has 2 rings (SSSR count). The molecule has 0 atom stereocenters. The van der Waals surface area contributed by atoms with E-state index >= 15 is 0 Å². The Balaban J connectivity index is 2.30. The molecule has 0 N–H and O–H groups in total. The number of hydrogen-bond donors (Lipinski definition) is 0. The third kappa shape index (κ3) is 2.61. The van der Waals surface area contributed by atoms with E-state index in [2.05, 4.69) is 9.98 Å². The average molecular weight is 248 g/mol. The van der Waals surface area contributed by atoms with E-state index in [1.165, 1.54) is 12.3 Å². The Morgan fingerprint density at radius 1 is 1.39 bits per heavy atom. The Bertz CT molecular complexity index is 524. The summed E-state index contributed by atoms with van der Waals surface area (Å²) in [6.45, 7) is 2.55. The van der Waals surface area contributed by atoms with Gasteiger partial charge in [-0.05, 0) is 18.6 Å². The highest BCUT2D eigenvalue weighted by atomic mass is 19.1. The molecular formula is C13H13FN2O2. The number of rotatable bonds is 5. The molecule has 0 aromatic heterocycles. The lowest BCUT2D eigenvalue weighted by Gasteiger charge is -2.10. The van der Waals surface area contributed by atoms with E-state index < -0.39 is 11.8 Å². The first-order valence-electron chi connectivity index (χ1n) is 5.80. The third-order valence-electron chi connectivity index (χ3n) is 2.50. The third-order valence-corrected chi connectivity index (χ3v) is 2.50. The highest BCUT2D eigenvalue weighted by Crippen LogP contribution is 2.23. The minimum Gasteiger partial charge on any atom is -0.493 e. The van der Waals surface area contributed by atoms with Gasteiger partial charge < -0.3 is 4.74 Å². The maximum absolute atomic E-state index is 13.8. The summed E-state index contributed by atoms with van der Waals surface area (Å²) in [5.41, 5.74) is 0.410. The van der Waals surface area contributed by atoms with Gasteiger partial charge in [0.05, 0.1) is 18.4 Å². The second kappa shape index (κ2) is 5.53. The van der Waals surface area contributed by atoms with Gasteiger partial charge in [-0.2, -0.15) is 9.98 Å². The van der Waals surface area contributed by atoms with Gasteiger partial charge >= 0.3 is 6.03 Å². The molecule has 18 heavy (non-hydrogen) atoms. The van der Waals surface area contributed by atoms with Crippen LogP contribution < -0.4 is 4.74 Å². The molecule has 2 amide bonds. The molecule has 0 bridgehead atoms. The van der Waals surface area contributed by atoms with E-state index in [4.69, 9.17) is 4.74 Å². The number of ether oxygens (including phenoxy) is 1. The first kappa shape index (κ1) is 12.4. The molecule has 5 heteroatoms. The van der Waals surface area contributed by atoms with Crippen molar-refractivity contribution in [2.75, 3.05) is 6.61 Å². The van der Waals surface area contributed by atoms with E-state index in [0.717, 1.165) is 12.8 Å². The lowest BCUT2D eigenvalue weighted by Crippen LogP contribution is -2.08. The summed E-state index contributed by atoms with van der Waals surface area (Å²) in [6, 6.07) is 3.91. The van der Waals surface area contributed by atoms with E-state index in [-0.39, 0.29) is 11.3 Å². The van der Waals surface area contributed by atoms with Crippen LogP contribution >= 0.6 is 0 Å². The molecular weight excluding hydrogens is 235 g/mol. The number of aliphatic imine (C=N–C) groups is 2. The number of carbonyl (C=O) groups excluding carboxylic acids is 1. The second-order valence-electron chi connectivity index (χ2n) is 3.85. The second-order valence-corrected chi connectivity index (χ2v) is 3.85. The smallest absolute Gasteiger partial charge is 0.367 e. The molecule has 0 spiro atoms. The Morgan fingerprint density at radius 3 is 2.89 bits per heavy atom. The van der Waals surface area contributed by atoms with Crippen molar-refractivity contribution in [3.8, 4) is 5.75 Å². The fraction of sp³-hybridized carbons (Fsp3) is 0.308. The standard InChI is InChI=1S/C13H13FN2O2/c1-2-3-7-18-11-6-4-5-9(14)12(11)10-8-15-13(17)16-10/h4-6,8H,2-3,7H2,1H3. The van der Waals surface area contributed by atoms with Crippen LogP contribution in [-0.2, 0) is 0 Å². The molecule has 1 aliphatic rings. The van der Waals surface area contributed by atoms with Gasteiger partial charge in [0.2, 0.25) is 0 Å². The molecule has 1 aromatic rings. The summed E-state index contributed by atoms with van der Waals surface area (Å²) >= 11 is 0. The largest absolute Gasteiger partial charge is 0.493 e. The summed E-state index contributed by atoms with van der Waals surface area (Å²) in [4.78, 5) is 18.1. The Labute approximate surface area is 104 Å². The fourth-order valence-electron chi connectivity index (χ4n) is 1.60. The van der Waals surface area contributed by atoms with Crippen molar-refractivity contribution in [1.82, 2.24) is 0 Å². The average Bonchev–Trinajstić information content (AvgIpc) is 2.76. The number of unbranched alkanes of at least 4 members (excludes halogenated alkanes) is 1. The zero-order chi connectivity index (χ0) is 13.0. The van der Waals surface area contributed by atoms with Gasteiger partial charge in [-0.25, -0.2) is 9.18 Å². The van der Waals surface area contributed by atoms with Gasteiger partial charge in [-0.1, -0.05) is 19.4 Å². The van der Waals surface area contributed by atoms with Crippen LogP contribution in [0.1, 0.15) is 25.3 Å². The van der Waals surface area contributed by atoms with Crippen molar-refractivity contribution < 1.29 is 13.9 Å². The van der Waals surface area contributed by atoms with E-state index in [1.54, 1.807) is 12.1 Å². The van der Waals surface area contributed by atoms with Crippen molar-refractivity contribution in [3.63, 3.8) is 0 Å². The van der Waals surface area contributed by atoms with Crippen LogP contribution in [0.15, 0.2) is 28.2 Å². The zero-order valence-corrected chi connectivity index (χ0v) is 10.0. The number of urea groups is 1. The summed E-state index contributed by atoms with van der Waals surface area (Å²) < 4.78 is 19.3. The SMILES string of the molecule is CCCCOc1cccc(F)c1C1=NC(=O)N=C1. The first-order chi connectivity index (χ1) is 8.72. The van der Waals surface area contributed by atoms with Crippen molar-refractivity contribution >= 4 is 18.0 Å². The maximum atomic E-state index is 13.8. The molecule has 0 saturated carbocycles. The predicted octanol–water partition coefficient (Wildman–Crippen LogP) is 3.00. The molecule has 0 fully saturated rings. The van der Waals surface area contributed by atoms with E-state index in [1.807, 2.05) is 6.92 Å². The summed E-state index contributed by atoms with van der Waals surface area (Å²) in [6.07, 6.45) is 3.13. The quantitative estimate of drug-likeness (QED) is 0.752. The molecule has 0 radical (unpaired) electrons. The Kier molecular flexibility index (Phi) is 3.82. The lowest BCUT2D eigenvalue weighted by molar-refractivity contribution is 0.257. The maximum Gasteiger partial charge on any atom is 0.367 e. The molecule has 0 aliphatic carbocycles. The summed E-state index contributed by atoms with van der Waals surface area (Å²) in [5, 5.41) is 0. The minimum absolute atomic E-state index is 0.197. The number of halogens is 1. The summed E-state index contributed by atoms with van der Waals surface area (Å²) in [5.74, 6) is -0.0766. The zero-order valence-electron chi connectivity index (χ0n) is 10.0. The lowest BCUT2D eigenvalue weighted by atomic mass is 10.1. The normalized spacial score (nSPS) is 13.9. The molecule has 1 aromatic carbocycles. The van der Waals surface area contributed by atoms with Gasteiger partial charge in [-0.3, -0.25) is 0 Å². The number of nitrogens with zero attached hydrogens (tertiary/aromatic N) is 2. The van der Waals surface area contributed by atoms with Crippen LogP contribution in [0.4, 0.5) is 9.18 Å². The highest BCUT2D eigenvalue weighted by molar-refractivity contribution is 6.44. The molecule has 0 unspecified atom stereocenters. The van der Waals surface area contributed by atoms with Crippen molar-refractivity contribution in [2.24, 2.45) is 9.98 Å². The van der Waals surface area contributed by atoms with Crippen LogP contribution in [0.25, 0.3) is 0 Å². The first-order valence-corrected chi connectivity index (χ1v) is 5.80. The van der Waals surface area contributed by atoms with Crippen LogP contribution in [0.5, 0.6) is 5.75 Å². The van der Waals surface area contributed by atoms with Crippen LogP contribution in [0.2, 0.25) is 0 Å². The Morgan fingerprint density at radius 2 is 2.22 bits per heavy atom. The topological polar surface area (TPSA) is 51.0 Å². The molecule has 0 saturated heterocycles. The molecule has 1 heterocycles. The van der Waals surface area contributed by atoms with Crippen LogP contribution in [-0.4, -0.2) is 24.6 Å². The molecule has 1 aliphatic heterocycles. The van der Waals surface area contributed by atoms with Gasteiger partial charge in [0.25, 0.3) is 0 Å². The Hall–Kier alpha value is -2.04. The van der Waals surface area contributed by atoms with Gasteiger partial charge in [0.1, 0.15) is 17.3 Å². The summed E-state index contributed by atoms with van der Waals surface area (Å²) in [7, 11) is 0. The number of carbonyl (C=O) groups is 1. The van der Waals surface area contributed by atoms with Crippen molar-refractivity contribution in [2.45, 2.75) is 19.8 Å².